The standard InChI is InChI=1S/C14H18N2OS2/c1-9(2)10(3)15-13(17)7-11-8-19-14(16-11)12-5-4-6-18-12/h4-6,8-10H,7H2,1-3H3,(H,15,17)/t10-/m1/s1. The highest BCUT2D eigenvalue weighted by molar-refractivity contribution is 7.20. The Bertz CT molecular complexity index is 531. The monoisotopic (exact) mass is 294 g/mol. The van der Waals surface area contributed by atoms with Gasteiger partial charge >= 0.3 is 0 Å². The minimum Gasteiger partial charge on any atom is -0.353 e. The van der Waals surface area contributed by atoms with Crippen LogP contribution in [0.2, 0.25) is 0 Å². The highest BCUT2D eigenvalue weighted by Crippen LogP contribution is 2.27. The molecular weight excluding hydrogens is 276 g/mol. The fourth-order valence-electron chi connectivity index (χ4n) is 1.54. The zero-order valence-electron chi connectivity index (χ0n) is 11.3. The van der Waals surface area contributed by atoms with Crippen LogP contribution < -0.4 is 5.32 Å². The van der Waals surface area contributed by atoms with E-state index in [4.69, 9.17) is 0 Å². The van der Waals surface area contributed by atoms with E-state index in [1.54, 1.807) is 22.7 Å². The van der Waals surface area contributed by atoms with Crippen LogP contribution in [0.25, 0.3) is 9.88 Å². The third-order valence-electron chi connectivity index (χ3n) is 3.01. The van der Waals surface area contributed by atoms with Crippen molar-refractivity contribution in [1.82, 2.24) is 10.3 Å². The number of aromatic nitrogens is 1. The maximum Gasteiger partial charge on any atom is 0.226 e. The molecule has 0 radical (unpaired) electrons. The summed E-state index contributed by atoms with van der Waals surface area (Å²) in [6.45, 7) is 6.23. The predicted octanol–water partition coefficient (Wildman–Crippen LogP) is 3.57. The summed E-state index contributed by atoms with van der Waals surface area (Å²) in [6, 6.07) is 4.26. The van der Waals surface area contributed by atoms with E-state index in [1.165, 1.54) is 0 Å². The van der Waals surface area contributed by atoms with Crippen molar-refractivity contribution in [2.24, 2.45) is 5.92 Å². The Hall–Kier alpha value is -1.20. The lowest BCUT2D eigenvalue weighted by Crippen LogP contribution is -2.37. The Morgan fingerprint density at radius 3 is 2.79 bits per heavy atom. The molecule has 1 N–H and O–H groups in total. The summed E-state index contributed by atoms with van der Waals surface area (Å²) in [4.78, 5) is 17.6. The summed E-state index contributed by atoms with van der Waals surface area (Å²) in [5.41, 5.74) is 0.849. The van der Waals surface area contributed by atoms with Crippen molar-refractivity contribution < 1.29 is 4.79 Å². The van der Waals surface area contributed by atoms with Crippen molar-refractivity contribution in [2.45, 2.75) is 33.2 Å². The molecule has 1 atom stereocenters. The minimum absolute atomic E-state index is 0.0456. The van der Waals surface area contributed by atoms with E-state index in [9.17, 15) is 4.79 Å². The summed E-state index contributed by atoms with van der Waals surface area (Å²) in [6.07, 6.45) is 0.360. The zero-order chi connectivity index (χ0) is 13.8. The number of carbonyl (C=O) groups is 1. The molecule has 2 aromatic rings. The SMILES string of the molecule is CC(C)[C@@H](C)NC(=O)Cc1csc(-c2cccs2)n1. The largest absolute Gasteiger partial charge is 0.353 e. The second-order valence-corrected chi connectivity index (χ2v) is 6.70. The zero-order valence-corrected chi connectivity index (χ0v) is 13.0. The molecule has 0 aliphatic heterocycles. The molecule has 0 bridgehead atoms. The summed E-state index contributed by atoms with van der Waals surface area (Å²) in [5.74, 6) is 0.491. The quantitative estimate of drug-likeness (QED) is 0.916. The first-order valence-electron chi connectivity index (χ1n) is 6.34. The molecular formula is C14H18N2OS2. The highest BCUT2D eigenvalue weighted by Gasteiger charge is 2.13. The van der Waals surface area contributed by atoms with Gasteiger partial charge in [-0.2, -0.15) is 0 Å². The smallest absolute Gasteiger partial charge is 0.226 e. The number of carbonyl (C=O) groups excluding carboxylic acids is 1. The van der Waals surface area contributed by atoms with Crippen LogP contribution in [0.3, 0.4) is 0 Å². The van der Waals surface area contributed by atoms with Gasteiger partial charge in [0.05, 0.1) is 17.0 Å². The lowest BCUT2D eigenvalue weighted by molar-refractivity contribution is -0.121. The molecule has 0 aromatic carbocycles. The van der Waals surface area contributed by atoms with Gasteiger partial charge in [0.15, 0.2) is 0 Å². The topological polar surface area (TPSA) is 42.0 Å². The molecule has 0 aliphatic carbocycles. The Balaban J connectivity index is 1.95. The first-order chi connectivity index (χ1) is 9.06. The molecule has 2 aromatic heterocycles. The number of nitrogens with zero attached hydrogens (tertiary/aromatic N) is 1. The Morgan fingerprint density at radius 1 is 1.37 bits per heavy atom. The van der Waals surface area contributed by atoms with Crippen LogP contribution in [0.5, 0.6) is 0 Å². The van der Waals surface area contributed by atoms with E-state index in [-0.39, 0.29) is 11.9 Å². The van der Waals surface area contributed by atoms with E-state index in [1.807, 2.05) is 29.8 Å². The van der Waals surface area contributed by atoms with Gasteiger partial charge in [0.25, 0.3) is 0 Å². The fourth-order valence-corrected chi connectivity index (χ4v) is 3.17. The van der Waals surface area contributed by atoms with Crippen molar-refractivity contribution in [2.75, 3.05) is 0 Å². The number of hydrogen-bond donors (Lipinski definition) is 1. The number of amides is 1. The minimum atomic E-state index is 0.0456. The summed E-state index contributed by atoms with van der Waals surface area (Å²) >= 11 is 3.26. The van der Waals surface area contributed by atoms with Crippen molar-refractivity contribution in [3.63, 3.8) is 0 Å². The molecule has 0 spiro atoms. The molecule has 2 heterocycles. The van der Waals surface area contributed by atoms with E-state index < -0.39 is 0 Å². The fraction of sp³-hybridized carbons (Fsp3) is 0.429. The number of thiophene rings is 1. The molecule has 19 heavy (non-hydrogen) atoms. The van der Waals surface area contributed by atoms with Gasteiger partial charge in [-0.25, -0.2) is 4.98 Å². The maximum atomic E-state index is 11.9. The van der Waals surface area contributed by atoms with Crippen LogP contribution in [0.15, 0.2) is 22.9 Å². The summed E-state index contributed by atoms with van der Waals surface area (Å²) in [5, 5.41) is 8.00. The van der Waals surface area contributed by atoms with E-state index in [0.717, 1.165) is 15.6 Å². The predicted molar refractivity (Wildman–Crippen MR) is 81.6 cm³/mol. The van der Waals surface area contributed by atoms with E-state index in [0.29, 0.717) is 12.3 Å². The number of hydrogen-bond acceptors (Lipinski definition) is 4. The molecule has 0 fully saturated rings. The van der Waals surface area contributed by atoms with E-state index >= 15 is 0 Å². The molecule has 5 heteroatoms. The summed E-state index contributed by atoms with van der Waals surface area (Å²) < 4.78 is 0. The van der Waals surface area contributed by atoms with Gasteiger partial charge in [0.1, 0.15) is 5.01 Å². The number of nitrogens with one attached hydrogen (secondary N) is 1. The van der Waals surface area contributed by atoms with Crippen LogP contribution in [0, 0.1) is 5.92 Å². The average molecular weight is 294 g/mol. The Labute approximate surface area is 121 Å². The van der Waals surface area contributed by atoms with Gasteiger partial charge < -0.3 is 5.32 Å². The van der Waals surface area contributed by atoms with Gasteiger partial charge in [-0.15, -0.1) is 22.7 Å². The lowest BCUT2D eigenvalue weighted by atomic mass is 10.1. The maximum absolute atomic E-state index is 11.9. The number of rotatable bonds is 5. The molecule has 2 rings (SSSR count). The third-order valence-corrected chi connectivity index (χ3v) is 4.94. The number of thiazole rings is 1. The van der Waals surface area contributed by atoms with Crippen LogP contribution >= 0.6 is 22.7 Å². The van der Waals surface area contributed by atoms with Crippen LogP contribution in [-0.4, -0.2) is 16.9 Å². The van der Waals surface area contributed by atoms with Crippen LogP contribution in [0.4, 0.5) is 0 Å². The normalized spacial score (nSPS) is 12.6. The van der Waals surface area contributed by atoms with Crippen LogP contribution in [0.1, 0.15) is 26.5 Å². The molecule has 1 amide bonds. The molecule has 3 nitrogen and oxygen atoms in total. The van der Waals surface area contributed by atoms with Gasteiger partial charge in [0, 0.05) is 11.4 Å². The summed E-state index contributed by atoms with van der Waals surface area (Å²) in [7, 11) is 0. The Kier molecular flexibility index (Phi) is 4.71. The van der Waals surface area contributed by atoms with Gasteiger partial charge in [-0.1, -0.05) is 19.9 Å². The molecule has 0 aliphatic rings. The second-order valence-electron chi connectivity index (χ2n) is 4.90. The van der Waals surface area contributed by atoms with Crippen molar-refractivity contribution in [1.29, 1.82) is 0 Å². The van der Waals surface area contributed by atoms with Gasteiger partial charge in [-0.05, 0) is 24.3 Å². The van der Waals surface area contributed by atoms with Gasteiger partial charge in [-0.3, -0.25) is 4.79 Å². The molecule has 0 saturated heterocycles. The third kappa shape index (κ3) is 3.88. The van der Waals surface area contributed by atoms with E-state index in [2.05, 4.69) is 24.1 Å². The average Bonchev–Trinajstić information content (AvgIpc) is 2.97. The molecule has 102 valence electrons. The Morgan fingerprint density at radius 2 is 2.16 bits per heavy atom. The van der Waals surface area contributed by atoms with Crippen molar-refractivity contribution in [3.8, 4) is 9.88 Å². The first-order valence-corrected chi connectivity index (χ1v) is 8.10. The second kappa shape index (κ2) is 6.30. The van der Waals surface area contributed by atoms with Crippen LogP contribution in [-0.2, 0) is 11.2 Å². The van der Waals surface area contributed by atoms with Crippen molar-refractivity contribution in [3.05, 3.63) is 28.6 Å². The first kappa shape index (κ1) is 14.2. The lowest BCUT2D eigenvalue weighted by Gasteiger charge is -2.16. The highest BCUT2D eigenvalue weighted by atomic mass is 32.1. The molecule has 0 saturated carbocycles. The van der Waals surface area contributed by atoms with Gasteiger partial charge in [0.2, 0.25) is 5.91 Å². The van der Waals surface area contributed by atoms with Crippen molar-refractivity contribution >= 4 is 28.6 Å². The molecule has 0 unspecified atom stereocenters.